The molecule has 0 saturated heterocycles. The van der Waals surface area contributed by atoms with Crippen LogP contribution < -0.4 is 0 Å². The minimum atomic E-state index is -0.611. The van der Waals surface area contributed by atoms with Gasteiger partial charge in [0, 0.05) is 18.0 Å². The summed E-state index contributed by atoms with van der Waals surface area (Å²) in [4.78, 5) is 14.2. The Hall–Kier alpha value is -1.88. The maximum Gasteiger partial charge on any atom is 0.258 e. The van der Waals surface area contributed by atoms with Crippen LogP contribution in [0.5, 0.6) is 0 Å². The summed E-state index contributed by atoms with van der Waals surface area (Å²) in [6.45, 7) is 1.89. The van der Waals surface area contributed by atoms with Crippen molar-refractivity contribution in [3.05, 3.63) is 35.8 Å². The lowest BCUT2D eigenvalue weighted by Gasteiger charge is -2.24. The molecule has 1 aliphatic carbocycles. The van der Waals surface area contributed by atoms with Crippen molar-refractivity contribution in [3.8, 4) is 0 Å². The van der Waals surface area contributed by atoms with Gasteiger partial charge in [-0.3, -0.25) is 4.79 Å². The molecule has 1 aromatic carbocycles. The molecule has 0 unspecified atom stereocenters. The predicted octanol–water partition coefficient (Wildman–Crippen LogP) is 2.56. The van der Waals surface area contributed by atoms with Crippen LogP contribution in [0.25, 0.3) is 11.0 Å². The van der Waals surface area contributed by atoms with Crippen LogP contribution in [0.2, 0.25) is 0 Å². The van der Waals surface area contributed by atoms with Gasteiger partial charge in [-0.2, -0.15) is 0 Å². The van der Waals surface area contributed by atoms with Gasteiger partial charge in [0.15, 0.2) is 0 Å². The number of rotatable bonds is 4. The highest BCUT2D eigenvalue weighted by Crippen LogP contribution is 2.30. The van der Waals surface area contributed by atoms with E-state index >= 15 is 0 Å². The second-order valence-electron chi connectivity index (χ2n) is 5.33. The van der Waals surface area contributed by atoms with Crippen LogP contribution in [0.15, 0.2) is 28.9 Å². The van der Waals surface area contributed by atoms with Crippen molar-refractivity contribution >= 4 is 16.9 Å². The van der Waals surface area contributed by atoms with Gasteiger partial charge in [0.1, 0.15) is 11.4 Å². The number of carbonyl (C=O) groups is 1. The Morgan fingerprint density at radius 1 is 1.55 bits per heavy atom. The lowest BCUT2D eigenvalue weighted by Crippen LogP contribution is -2.38. The summed E-state index contributed by atoms with van der Waals surface area (Å²) in [5, 5.41) is 10.1. The highest BCUT2D eigenvalue weighted by Gasteiger charge is 2.34. The summed E-state index contributed by atoms with van der Waals surface area (Å²) in [5.74, 6) is -0.747. The van der Waals surface area contributed by atoms with Gasteiger partial charge in [-0.25, -0.2) is 4.39 Å². The average Bonchev–Trinajstić information content (AvgIpc) is 3.12. The second-order valence-corrected chi connectivity index (χ2v) is 5.33. The highest BCUT2D eigenvalue weighted by molar-refractivity contribution is 6.05. The Balaban J connectivity index is 2.00. The van der Waals surface area contributed by atoms with Crippen LogP contribution in [0.1, 0.15) is 30.1 Å². The van der Waals surface area contributed by atoms with E-state index in [9.17, 15) is 14.3 Å². The van der Waals surface area contributed by atoms with Gasteiger partial charge in [0.05, 0.1) is 17.9 Å². The van der Waals surface area contributed by atoms with E-state index < -0.39 is 11.9 Å². The molecule has 1 heterocycles. The topological polar surface area (TPSA) is 53.7 Å². The van der Waals surface area contributed by atoms with Gasteiger partial charge in [-0.05, 0) is 38.0 Å². The van der Waals surface area contributed by atoms with E-state index in [4.69, 9.17) is 4.42 Å². The van der Waals surface area contributed by atoms with Crippen molar-refractivity contribution < 1.29 is 18.7 Å². The summed E-state index contributed by atoms with van der Waals surface area (Å²) in [6, 6.07) is 4.31. The largest absolute Gasteiger partial charge is 0.464 e. The van der Waals surface area contributed by atoms with Crippen molar-refractivity contribution in [2.45, 2.75) is 31.9 Å². The zero-order valence-electron chi connectivity index (χ0n) is 11.2. The third-order valence-electron chi connectivity index (χ3n) is 3.46. The molecule has 0 bridgehead atoms. The Labute approximate surface area is 115 Å². The SMILES string of the molecule is C[C@H](O)CN(C(=O)c1cc(F)cc2ccoc12)C1CC1. The maximum absolute atomic E-state index is 13.6. The number of fused-ring (bicyclic) bond motifs is 1. The fraction of sp³-hybridized carbons (Fsp3) is 0.400. The van der Waals surface area contributed by atoms with E-state index in [0.717, 1.165) is 12.8 Å². The Morgan fingerprint density at radius 3 is 2.95 bits per heavy atom. The first-order chi connectivity index (χ1) is 9.56. The van der Waals surface area contributed by atoms with Gasteiger partial charge in [-0.1, -0.05) is 0 Å². The van der Waals surface area contributed by atoms with Gasteiger partial charge in [-0.15, -0.1) is 0 Å². The van der Waals surface area contributed by atoms with E-state index in [0.29, 0.717) is 11.0 Å². The fourth-order valence-corrected chi connectivity index (χ4v) is 2.43. The van der Waals surface area contributed by atoms with Crippen molar-refractivity contribution in [2.24, 2.45) is 0 Å². The number of benzene rings is 1. The molecule has 1 aromatic heterocycles. The Morgan fingerprint density at radius 2 is 2.30 bits per heavy atom. The zero-order valence-corrected chi connectivity index (χ0v) is 11.2. The number of hydrogen-bond acceptors (Lipinski definition) is 3. The molecule has 1 atom stereocenters. The zero-order chi connectivity index (χ0) is 14.3. The Bertz CT molecular complexity index is 646. The second kappa shape index (κ2) is 4.90. The lowest BCUT2D eigenvalue weighted by atomic mass is 10.1. The molecule has 1 N–H and O–H groups in total. The molecule has 1 amide bonds. The first-order valence-electron chi connectivity index (χ1n) is 6.72. The summed E-state index contributed by atoms with van der Waals surface area (Å²) in [7, 11) is 0. The maximum atomic E-state index is 13.6. The van der Waals surface area contributed by atoms with Crippen LogP contribution in [0, 0.1) is 5.82 Å². The summed E-state index contributed by atoms with van der Waals surface area (Å²) in [5.41, 5.74) is 0.616. The molecular formula is C15H16FNO3. The van der Waals surface area contributed by atoms with Gasteiger partial charge >= 0.3 is 0 Å². The molecule has 0 radical (unpaired) electrons. The number of aliphatic hydroxyl groups excluding tert-OH is 1. The summed E-state index contributed by atoms with van der Waals surface area (Å²) in [6.07, 6.45) is 2.68. The highest BCUT2D eigenvalue weighted by atomic mass is 19.1. The molecule has 1 saturated carbocycles. The average molecular weight is 277 g/mol. The molecule has 20 heavy (non-hydrogen) atoms. The molecule has 1 aliphatic rings. The van der Waals surface area contributed by atoms with Crippen molar-refractivity contribution in [1.29, 1.82) is 0 Å². The molecule has 0 spiro atoms. The van der Waals surface area contributed by atoms with Crippen LogP contribution in [0.3, 0.4) is 0 Å². The first kappa shape index (κ1) is 13.1. The standard InChI is InChI=1S/C15H16FNO3/c1-9(18)8-17(12-2-3-12)15(19)13-7-11(16)6-10-4-5-20-14(10)13/h4-7,9,12,18H,2-3,8H2,1H3/t9-/m0/s1. The van der Waals surface area contributed by atoms with Crippen LogP contribution >= 0.6 is 0 Å². The smallest absolute Gasteiger partial charge is 0.258 e. The van der Waals surface area contributed by atoms with E-state index in [1.807, 2.05) is 0 Å². The van der Waals surface area contributed by atoms with Gasteiger partial charge in [0.2, 0.25) is 0 Å². The van der Waals surface area contributed by atoms with Crippen molar-refractivity contribution in [1.82, 2.24) is 4.90 Å². The molecule has 5 heteroatoms. The minimum absolute atomic E-state index is 0.144. The molecule has 3 rings (SSSR count). The number of carbonyl (C=O) groups excluding carboxylic acids is 1. The molecular weight excluding hydrogens is 261 g/mol. The first-order valence-corrected chi connectivity index (χ1v) is 6.72. The number of halogens is 1. The Kier molecular flexibility index (Phi) is 3.22. The van der Waals surface area contributed by atoms with Gasteiger partial charge < -0.3 is 14.4 Å². The van der Waals surface area contributed by atoms with Gasteiger partial charge in [0.25, 0.3) is 5.91 Å². The number of hydrogen-bond donors (Lipinski definition) is 1. The number of furan rings is 1. The molecule has 106 valence electrons. The molecule has 1 fully saturated rings. The lowest BCUT2D eigenvalue weighted by molar-refractivity contribution is 0.0630. The van der Waals surface area contributed by atoms with E-state index in [1.54, 1.807) is 17.9 Å². The number of aliphatic hydroxyl groups is 1. The van der Waals surface area contributed by atoms with Crippen LogP contribution in [-0.2, 0) is 0 Å². The quantitative estimate of drug-likeness (QED) is 0.934. The molecule has 4 nitrogen and oxygen atoms in total. The number of amides is 1. The number of nitrogens with zero attached hydrogens (tertiary/aromatic N) is 1. The van der Waals surface area contributed by atoms with E-state index in [2.05, 4.69) is 0 Å². The monoisotopic (exact) mass is 277 g/mol. The van der Waals surface area contributed by atoms with Crippen molar-refractivity contribution in [2.75, 3.05) is 6.54 Å². The molecule has 0 aliphatic heterocycles. The summed E-state index contributed by atoms with van der Waals surface area (Å²) < 4.78 is 18.9. The van der Waals surface area contributed by atoms with Crippen LogP contribution in [-0.4, -0.2) is 34.6 Å². The normalized spacial score (nSPS) is 16.4. The third-order valence-corrected chi connectivity index (χ3v) is 3.46. The fourth-order valence-electron chi connectivity index (χ4n) is 2.43. The van der Waals surface area contributed by atoms with Crippen LogP contribution in [0.4, 0.5) is 4.39 Å². The molecule has 2 aromatic rings. The van der Waals surface area contributed by atoms with E-state index in [1.165, 1.54) is 18.4 Å². The van der Waals surface area contributed by atoms with E-state index in [-0.39, 0.29) is 24.1 Å². The van der Waals surface area contributed by atoms with Crippen molar-refractivity contribution in [3.63, 3.8) is 0 Å². The summed E-state index contributed by atoms with van der Waals surface area (Å²) >= 11 is 0. The minimum Gasteiger partial charge on any atom is -0.464 e. The third kappa shape index (κ3) is 2.41. The predicted molar refractivity (Wildman–Crippen MR) is 71.9 cm³/mol.